The van der Waals surface area contributed by atoms with Crippen LogP contribution in [-0.2, 0) is 9.53 Å². The van der Waals surface area contributed by atoms with E-state index in [9.17, 15) is 4.79 Å². The number of carbonyl (C=O) groups is 1. The number of amides is 1. The van der Waals surface area contributed by atoms with Crippen molar-refractivity contribution in [1.82, 2.24) is 5.32 Å². The maximum absolute atomic E-state index is 11.4. The van der Waals surface area contributed by atoms with Crippen LogP contribution in [0, 0.1) is 0 Å². The fourth-order valence-corrected chi connectivity index (χ4v) is 1.37. The summed E-state index contributed by atoms with van der Waals surface area (Å²) < 4.78 is 5.41. The lowest BCUT2D eigenvalue weighted by Crippen LogP contribution is -2.38. The van der Waals surface area contributed by atoms with E-state index in [0.717, 1.165) is 12.8 Å². The third-order valence-electron chi connectivity index (χ3n) is 1.96. The SMILES string of the molecule is CC(C)NC(=O)C1CCC(C)O1. The van der Waals surface area contributed by atoms with E-state index in [1.54, 1.807) is 0 Å². The Bertz CT molecular complexity index is 168. The Hall–Kier alpha value is -0.570. The highest BCUT2D eigenvalue weighted by Gasteiger charge is 2.27. The van der Waals surface area contributed by atoms with E-state index in [2.05, 4.69) is 5.32 Å². The molecule has 0 aromatic rings. The third kappa shape index (κ3) is 2.48. The summed E-state index contributed by atoms with van der Waals surface area (Å²) in [4.78, 5) is 11.4. The van der Waals surface area contributed by atoms with E-state index in [-0.39, 0.29) is 24.2 Å². The number of rotatable bonds is 2. The largest absolute Gasteiger partial charge is 0.365 e. The molecule has 1 heterocycles. The molecular formula is C9H17NO2. The van der Waals surface area contributed by atoms with Gasteiger partial charge in [-0.05, 0) is 33.6 Å². The van der Waals surface area contributed by atoms with Crippen molar-refractivity contribution in [2.45, 2.75) is 51.9 Å². The summed E-state index contributed by atoms with van der Waals surface area (Å²) in [6, 6.07) is 0.206. The van der Waals surface area contributed by atoms with Crippen molar-refractivity contribution in [3.63, 3.8) is 0 Å². The standard InChI is InChI=1S/C9H17NO2/c1-6(2)10-9(11)8-5-4-7(3)12-8/h6-8H,4-5H2,1-3H3,(H,10,11). The first-order chi connectivity index (χ1) is 5.59. The Morgan fingerprint density at radius 1 is 1.50 bits per heavy atom. The first kappa shape index (κ1) is 9.52. The molecule has 1 amide bonds. The summed E-state index contributed by atoms with van der Waals surface area (Å²) in [5, 5.41) is 2.84. The van der Waals surface area contributed by atoms with Crippen LogP contribution >= 0.6 is 0 Å². The molecule has 0 aromatic heterocycles. The molecule has 70 valence electrons. The van der Waals surface area contributed by atoms with Gasteiger partial charge in [0.15, 0.2) is 0 Å². The molecule has 2 atom stereocenters. The minimum absolute atomic E-state index is 0.0364. The predicted molar refractivity (Wildman–Crippen MR) is 46.8 cm³/mol. The molecular weight excluding hydrogens is 154 g/mol. The summed E-state index contributed by atoms with van der Waals surface area (Å²) in [7, 11) is 0. The molecule has 3 nitrogen and oxygen atoms in total. The monoisotopic (exact) mass is 171 g/mol. The molecule has 3 heteroatoms. The first-order valence-electron chi connectivity index (χ1n) is 4.55. The van der Waals surface area contributed by atoms with Gasteiger partial charge in [-0.1, -0.05) is 0 Å². The maximum atomic E-state index is 11.4. The highest BCUT2D eigenvalue weighted by atomic mass is 16.5. The number of carbonyl (C=O) groups excluding carboxylic acids is 1. The molecule has 1 N–H and O–H groups in total. The van der Waals surface area contributed by atoms with Gasteiger partial charge in [0.25, 0.3) is 0 Å². The van der Waals surface area contributed by atoms with Gasteiger partial charge in [0.2, 0.25) is 5.91 Å². The molecule has 1 rings (SSSR count). The van der Waals surface area contributed by atoms with Gasteiger partial charge in [-0.2, -0.15) is 0 Å². The van der Waals surface area contributed by atoms with Gasteiger partial charge < -0.3 is 10.1 Å². The summed E-state index contributed by atoms with van der Waals surface area (Å²) in [5.74, 6) is 0.0364. The predicted octanol–water partition coefficient (Wildman–Crippen LogP) is 1.08. The van der Waals surface area contributed by atoms with Crippen molar-refractivity contribution in [2.75, 3.05) is 0 Å². The summed E-state index contributed by atoms with van der Waals surface area (Å²) >= 11 is 0. The van der Waals surface area contributed by atoms with Crippen molar-refractivity contribution < 1.29 is 9.53 Å². The highest BCUT2D eigenvalue weighted by molar-refractivity contribution is 5.81. The molecule has 1 fully saturated rings. The molecule has 0 aliphatic carbocycles. The first-order valence-corrected chi connectivity index (χ1v) is 4.55. The molecule has 0 bridgehead atoms. The Balaban J connectivity index is 2.33. The van der Waals surface area contributed by atoms with Gasteiger partial charge in [-0.3, -0.25) is 4.79 Å². The minimum atomic E-state index is -0.206. The number of nitrogens with one attached hydrogen (secondary N) is 1. The fraction of sp³-hybridized carbons (Fsp3) is 0.889. The van der Waals surface area contributed by atoms with E-state index in [0.29, 0.717) is 0 Å². The van der Waals surface area contributed by atoms with Gasteiger partial charge in [0.1, 0.15) is 6.10 Å². The minimum Gasteiger partial charge on any atom is -0.365 e. The Morgan fingerprint density at radius 3 is 2.58 bits per heavy atom. The van der Waals surface area contributed by atoms with E-state index in [4.69, 9.17) is 4.74 Å². The number of hydrogen-bond donors (Lipinski definition) is 1. The molecule has 2 unspecified atom stereocenters. The maximum Gasteiger partial charge on any atom is 0.249 e. The van der Waals surface area contributed by atoms with Crippen molar-refractivity contribution in [3.05, 3.63) is 0 Å². The van der Waals surface area contributed by atoms with Gasteiger partial charge in [-0.15, -0.1) is 0 Å². The summed E-state index contributed by atoms with van der Waals surface area (Å²) in [6.07, 6.45) is 1.89. The number of ether oxygens (including phenoxy) is 1. The zero-order chi connectivity index (χ0) is 9.14. The van der Waals surface area contributed by atoms with Crippen molar-refractivity contribution in [3.8, 4) is 0 Å². The molecule has 0 radical (unpaired) electrons. The van der Waals surface area contributed by atoms with E-state index in [1.807, 2.05) is 20.8 Å². The van der Waals surface area contributed by atoms with Crippen LogP contribution in [0.25, 0.3) is 0 Å². The van der Waals surface area contributed by atoms with Gasteiger partial charge >= 0.3 is 0 Å². The average molecular weight is 171 g/mol. The van der Waals surface area contributed by atoms with Gasteiger partial charge in [-0.25, -0.2) is 0 Å². The van der Waals surface area contributed by atoms with Crippen LogP contribution in [0.4, 0.5) is 0 Å². The third-order valence-corrected chi connectivity index (χ3v) is 1.96. The summed E-state index contributed by atoms with van der Waals surface area (Å²) in [6.45, 7) is 5.91. The molecule has 0 spiro atoms. The lowest BCUT2D eigenvalue weighted by Gasteiger charge is -2.13. The van der Waals surface area contributed by atoms with Crippen LogP contribution in [0.3, 0.4) is 0 Å². The highest BCUT2D eigenvalue weighted by Crippen LogP contribution is 2.18. The molecule has 0 aromatic carbocycles. The molecule has 12 heavy (non-hydrogen) atoms. The molecule has 0 saturated carbocycles. The van der Waals surface area contributed by atoms with E-state index in [1.165, 1.54) is 0 Å². The van der Waals surface area contributed by atoms with Crippen LogP contribution in [0.5, 0.6) is 0 Å². The van der Waals surface area contributed by atoms with E-state index >= 15 is 0 Å². The quantitative estimate of drug-likeness (QED) is 0.675. The summed E-state index contributed by atoms with van der Waals surface area (Å²) in [5.41, 5.74) is 0. The average Bonchev–Trinajstić information content (AvgIpc) is 2.34. The van der Waals surface area contributed by atoms with Crippen molar-refractivity contribution in [2.24, 2.45) is 0 Å². The van der Waals surface area contributed by atoms with Crippen LogP contribution in [0.15, 0.2) is 0 Å². The Labute approximate surface area is 73.5 Å². The van der Waals surface area contributed by atoms with E-state index < -0.39 is 0 Å². The topological polar surface area (TPSA) is 38.3 Å². The second kappa shape index (κ2) is 3.90. The zero-order valence-electron chi connectivity index (χ0n) is 7.96. The van der Waals surface area contributed by atoms with Crippen LogP contribution < -0.4 is 5.32 Å². The molecule has 1 aliphatic rings. The molecule has 1 aliphatic heterocycles. The van der Waals surface area contributed by atoms with Crippen molar-refractivity contribution in [1.29, 1.82) is 0 Å². The second-order valence-corrected chi connectivity index (χ2v) is 3.68. The lowest BCUT2D eigenvalue weighted by atomic mass is 10.2. The number of hydrogen-bond acceptors (Lipinski definition) is 2. The zero-order valence-corrected chi connectivity index (χ0v) is 7.96. The Morgan fingerprint density at radius 2 is 2.17 bits per heavy atom. The van der Waals surface area contributed by atoms with Crippen LogP contribution in [0.1, 0.15) is 33.6 Å². The normalized spacial score (nSPS) is 29.3. The Kier molecular flexibility index (Phi) is 3.09. The molecule has 1 saturated heterocycles. The van der Waals surface area contributed by atoms with Crippen molar-refractivity contribution >= 4 is 5.91 Å². The van der Waals surface area contributed by atoms with Crippen LogP contribution in [0.2, 0.25) is 0 Å². The van der Waals surface area contributed by atoms with Gasteiger partial charge in [0.05, 0.1) is 6.10 Å². The van der Waals surface area contributed by atoms with Gasteiger partial charge in [0, 0.05) is 6.04 Å². The second-order valence-electron chi connectivity index (χ2n) is 3.68. The lowest BCUT2D eigenvalue weighted by molar-refractivity contribution is -0.132. The smallest absolute Gasteiger partial charge is 0.249 e. The fourth-order valence-electron chi connectivity index (χ4n) is 1.37. The van der Waals surface area contributed by atoms with Crippen LogP contribution in [-0.4, -0.2) is 24.2 Å².